The molecule has 13 heavy (non-hydrogen) atoms. The van der Waals surface area contributed by atoms with Gasteiger partial charge in [0.15, 0.2) is 0 Å². The van der Waals surface area contributed by atoms with Gasteiger partial charge in [-0.15, -0.1) is 11.3 Å². The first-order valence-corrected chi connectivity index (χ1v) is 5.65. The molecule has 1 aromatic heterocycles. The van der Waals surface area contributed by atoms with Crippen molar-refractivity contribution in [2.45, 2.75) is 38.1 Å². The molecule has 0 spiro atoms. The first-order valence-electron chi connectivity index (χ1n) is 4.83. The van der Waals surface area contributed by atoms with Gasteiger partial charge in [0.05, 0.1) is 10.5 Å². The van der Waals surface area contributed by atoms with E-state index in [1.54, 1.807) is 0 Å². The summed E-state index contributed by atoms with van der Waals surface area (Å²) in [6.07, 6.45) is 4.58. The van der Waals surface area contributed by atoms with Crippen molar-refractivity contribution >= 4 is 11.3 Å². The maximum atomic E-state index is 4.45. The van der Waals surface area contributed by atoms with Crippen LogP contribution in [0, 0.1) is 0 Å². The summed E-state index contributed by atoms with van der Waals surface area (Å²) in [7, 11) is 2.04. The zero-order chi connectivity index (χ0) is 9.47. The van der Waals surface area contributed by atoms with Gasteiger partial charge in [0.1, 0.15) is 0 Å². The first kappa shape index (κ1) is 9.16. The first-order chi connectivity index (χ1) is 6.18. The van der Waals surface area contributed by atoms with Crippen LogP contribution in [0.25, 0.3) is 0 Å². The Kier molecular flexibility index (Phi) is 2.16. The molecule has 1 aromatic rings. The molecular formula is C10H16N2S. The van der Waals surface area contributed by atoms with Crippen molar-refractivity contribution in [2.24, 2.45) is 0 Å². The van der Waals surface area contributed by atoms with Gasteiger partial charge in [-0.25, -0.2) is 4.98 Å². The maximum absolute atomic E-state index is 4.45. The standard InChI is InChI=1S/C10H16N2S/c1-7(2)9-12-6-8(13-9)10(11-3)4-5-10/h6-7,11H,4-5H2,1-3H3. The minimum absolute atomic E-state index is 0.296. The van der Waals surface area contributed by atoms with E-state index in [2.05, 4.69) is 24.1 Å². The van der Waals surface area contributed by atoms with E-state index in [0.717, 1.165) is 0 Å². The summed E-state index contributed by atoms with van der Waals surface area (Å²) in [5, 5.41) is 4.65. The molecule has 0 radical (unpaired) electrons. The Hall–Kier alpha value is -0.410. The number of nitrogens with one attached hydrogen (secondary N) is 1. The van der Waals surface area contributed by atoms with E-state index < -0.39 is 0 Å². The van der Waals surface area contributed by atoms with E-state index in [-0.39, 0.29) is 0 Å². The normalized spacial score (nSPS) is 19.4. The molecule has 2 nitrogen and oxygen atoms in total. The van der Waals surface area contributed by atoms with E-state index in [0.29, 0.717) is 11.5 Å². The Morgan fingerprint density at radius 1 is 1.54 bits per heavy atom. The molecule has 3 heteroatoms. The molecule has 1 fully saturated rings. The van der Waals surface area contributed by atoms with E-state index >= 15 is 0 Å². The van der Waals surface area contributed by atoms with Gasteiger partial charge in [0, 0.05) is 17.0 Å². The Bertz CT molecular complexity index is 300. The molecule has 0 aliphatic heterocycles. The SMILES string of the molecule is CNC1(c2cnc(C(C)C)s2)CC1. The Morgan fingerprint density at radius 2 is 2.23 bits per heavy atom. The number of hydrogen-bond acceptors (Lipinski definition) is 3. The van der Waals surface area contributed by atoms with Crippen LogP contribution in [0.5, 0.6) is 0 Å². The fourth-order valence-electron chi connectivity index (χ4n) is 1.52. The predicted molar refractivity (Wildman–Crippen MR) is 56.2 cm³/mol. The molecule has 1 N–H and O–H groups in total. The second-order valence-corrected chi connectivity index (χ2v) is 5.11. The summed E-state index contributed by atoms with van der Waals surface area (Å²) in [5.41, 5.74) is 0.296. The van der Waals surface area contributed by atoms with Crippen LogP contribution in [0.15, 0.2) is 6.20 Å². The third-order valence-corrected chi connectivity index (χ3v) is 4.22. The lowest BCUT2D eigenvalue weighted by Gasteiger charge is -2.09. The van der Waals surface area contributed by atoms with Crippen LogP contribution >= 0.6 is 11.3 Å². The van der Waals surface area contributed by atoms with Crippen molar-refractivity contribution in [3.05, 3.63) is 16.1 Å². The van der Waals surface area contributed by atoms with Crippen molar-refractivity contribution < 1.29 is 0 Å². The number of aromatic nitrogens is 1. The van der Waals surface area contributed by atoms with Crippen LogP contribution < -0.4 is 5.32 Å². The molecule has 72 valence electrons. The highest BCUT2D eigenvalue weighted by atomic mass is 32.1. The van der Waals surface area contributed by atoms with Crippen LogP contribution in [0.2, 0.25) is 0 Å². The second kappa shape index (κ2) is 3.07. The molecule has 0 unspecified atom stereocenters. The van der Waals surface area contributed by atoms with Gasteiger partial charge in [0.2, 0.25) is 0 Å². The monoisotopic (exact) mass is 196 g/mol. The Balaban J connectivity index is 2.23. The summed E-state index contributed by atoms with van der Waals surface area (Å²) in [5.74, 6) is 0.561. The van der Waals surface area contributed by atoms with Gasteiger partial charge in [0.25, 0.3) is 0 Å². The molecule has 1 saturated carbocycles. The molecular weight excluding hydrogens is 180 g/mol. The van der Waals surface area contributed by atoms with Gasteiger partial charge >= 0.3 is 0 Å². The highest BCUT2D eigenvalue weighted by molar-refractivity contribution is 7.11. The van der Waals surface area contributed by atoms with Crippen molar-refractivity contribution in [3.8, 4) is 0 Å². The predicted octanol–water partition coefficient (Wildman–Crippen LogP) is 2.48. The number of thiazole rings is 1. The molecule has 0 atom stereocenters. The van der Waals surface area contributed by atoms with Gasteiger partial charge in [-0.3, -0.25) is 0 Å². The third-order valence-electron chi connectivity index (χ3n) is 2.72. The number of nitrogens with zero attached hydrogens (tertiary/aromatic N) is 1. The largest absolute Gasteiger partial charge is 0.310 e. The lowest BCUT2D eigenvalue weighted by molar-refractivity contribution is 0.596. The molecule has 0 saturated heterocycles. The molecule has 0 bridgehead atoms. The molecule has 1 heterocycles. The van der Waals surface area contributed by atoms with Gasteiger partial charge in [-0.05, 0) is 19.9 Å². The second-order valence-electron chi connectivity index (χ2n) is 4.05. The zero-order valence-corrected chi connectivity index (χ0v) is 9.24. The van der Waals surface area contributed by atoms with E-state index in [9.17, 15) is 0 Å². The quantitative estimate of drug-likeness (QED) is 0.803. The van der Waals surface area contributed by atoms with Crippen LogP contribution in [-0.4, -0.2) is 12.0 Å². The van der Waals surface area contributed by atoms with E-state index in [1.807, 2.05) is 24.6 Å². The summed E-state index contributed by atoms with van der Waals surface area (Å²) in [4.78, 5) is 5.86. The highest BCUT2D eigenvalue weighted by Crippen LogP contribution is 2.47. The molecule has 1 aliphatic rings. The highest BCUT2D eigenvalue weighted by Gasteiger charge is 2.44. The summed E-state index contributed by atoms with van der Waals surface area (Å²) < 4.78 is 0. The average Bonchev–Trinajstić information content (AvgIpc) is 2.75. The van der Waals surface area contributed by atoms with Crippen molar-refractivity contribution in [1.29, 1.82) is 0 Å². The third kappa shape index (κ3) is 1.51. The van der Waals surface area contributed by atoms with Crippen molar-refractivity contribution in [3.63, 3.8) is 0 Å². The van der Waals surface area contributed by atoms with Gasteiger partial charge in [-0.2, -0.15) is 0 Å². The fraction of sp³-hybridized carbons (Fsp3) is 0.700. The van der Waals surface area contributed by atoms with Gasteiger partial charge in [-0.1, -0.05) is 13.8 Å². The molecule has 1 aliphatic carbocycles. The van der Waals surface area contributed by atoms with Crippen molar-refractivity contribution in [2.75, 3.05) is 7.05 Å². The Morgan fingerprint density at radius 3 is 2.62 bits per heavy atom. The minimum Gasteiger partial charge on any atom is -0.310 e. The van der Waals surface area contributed by atoms with Crippen molar-refractivity contribution in [1.82, 2.24) is 10.3 Å². The molecule has 2 rings (SSSR count). The fourth-order valence-corrected chi connectivity index (χ4v) is 2.69. The van der Waals surface area contributed by atoms with Crippen LogP contribution in [0.3, 0.4) is 0 Å². The van der Waals surface area contributed by atoms with E-state index in [1.165, 1.54) is 22.7 Å². The smallest absolute Gasteiger partial charge is 0.0953 e. The molecule has 0 amide bonds. The topological polar surface area (TPSA) is 24.9 Å². The minimum atomic E-state index is 0.296. The molecule has 0 aromatic carbocycles. The lowest BCUT2D eigenvalue weighted by Crippen LogP contribution is -2.23. The summed E-state index contributed by atoms with van der Waals surface area (Å²) in [6.45, 7) is 4.39. The average molecular weight is 196 g/mol. The van der Waals surface area contributed by atoms with Gasteiger partial charge < -0.3 is 5.32 Å². The Labute approximate surface area is 83.4 Å². The van der Waals surface area contributed by atoms with Crippen LogP contribution in [0.1, 0.15) is 42.5 Å². The summed E-state index contributed by atoms with van der Waals surface area (Å²) in [6, 6.07) is 0. The van der Waals surface area contributed by atoms with Crippen LogP contribution in [0.4, 0.5) is 0 Å². The lowest BCUT2D eigenvalue weighted by atomic mass is 10.2. The zero-order valence-electron chi connectivity index (χ0n) is 8.42. The summed E-state index contributed by atoms with van der Waals surface area (Å²) >= 11 is 1.86. The maximum Gasteiger partial charge on any atom is 0.0953 e. The van der Waals surface area contributed by atoms with E-state index in [4.69, 9.17) is 0 Å². The number of hydrogen-bond donors (Lipinski definition) is 1. The van der Waals surface area contributed by atoms with Crippen LogP contribution in [-0.2, 0) is 5.54 Å². The number of rotatable bonds is 3.